The Bertz CT molecular complexity index is 524. The number of ether oxygens (including phenoxy) is 1. The Morgan fingerprint density at radius 1 is 1.05 bits per heavy atom. The molecule has 1 saturated carbocycles. The number of nitrogens with zero attached hydrogens (tertiary/aromatic N) is 1. The van der Waals surface area contributed by atoms with Crippen LogP contribution in [0.3, 0.4) is 0 Å². The fourth-order valence-corrected chi connectivity index (χ4v) is 3.84. The molecule has 1 aromatic rings. The second kappa shape index (κ2) is 6.50. The minimum absolute atomic E-state index is 0.222. The molecule has 0 aromatic heterocycles. The Morgan fingerprint density at radius 3 is 2.32 bits per heavy atom. The molecular weight excluding hydrogens is 286 g/mol. The molecule has 0 amide bonds. The van der Waals surface area contributed by atoms with Gasteiger partial charge in [-0.1, -0.05) is 19.3 Å². The van der Waals surface area contributed by atoms with E-state index in [0.717, 1.165) is 36.9 Å². The van der Waals surface area contributed by atoms with E-state index in [2.05, 4.69) is 4.90 Å². The molecule has 0 atom stereocenters. The average Bonchev–Trinajstić information content (AvgIpc) is 2.58. The Balaban J connectivity index is 2.05. The number of hydrogen-bond acceptors (Lipinski definition) is 3. The van der Waals surface area contributed by atoms with Crippen LogP contribution in [-0.4, -0.2) is 32.8 Å². The third kappa shape index (κ3) is 2.84. The van der Waals surface area contributed by atoms with Crippen molar-refractivity contribution in [1.82, 2.24) is 0 Å². The standard InChI is InChI=1S/C17H24F2N2O/c18-14-10-13(17(12-20)4-2-1-3-5-17)16(11-15(14)19)21-6-8-22-9-7-21/h10-11H,1-9,12,20H2. The van der Waals surface area contributed by atoms with Gasteiger partial charge in [0.15, 0.2) is 11.6 Å². The zero-order valence-electron chi connectivity index (χ0n) is 12.9. The van der Waals surface area contributed by atoms with E-state index in [1.807, 2.05) is 0 Å². The van der Waals surface area contributed by atoms with Crippen molar-refractivity contribution in [3.8, 4) is 0 Å². The summed E-state index contributed by atoms with van der Waals surface area (Å²) in [5, 5.41) is 0. The van der Waals surface area contributed by atoms with Gasteiger partial charge in [0.05, 0.1) is 13.2 Å². The maximum atomic E-state index is 13.9. The van der Waals surface area contributed by atoms with Gasteiger partial charge in [0.25, 0.3) is 0 Å². The zero-order valence-corrected chi connectivity index (χ0v) is 12.9. The van der Waals surface area contributed by atoms with E-state index in [1.54, 1.807) is 0 Å². The van der Waals surface area contributed by atoms with Crippen LogP contribution in [0.25, 0.3) is 0 Å². The molecule has 2 fully saturated rings. The number of benzene rings is 1. The van der Waals surface area contributed by atoms with E-state index in [0.29, 0.717) is 32.8 Å². The molecule has 0 radical (unpaired) electrons. The van der Waals surface area contributed by atoms with Crippen LogP contribution in [0.15, 0.2) is 12.1 Å². The number of anilines is 1. The lowest BCUT2D eigenvalue weighted by Gasteiger charge is -2.41. The van der Waals surface area contributed by atoms with Crippen molar-refractivity contribution in [3.63, 3.8) is 0 Å². The summed E-state index contributed by atoms with van der Waals surface area (Å²) >= 11 is 0. The molecule has 1 aliphatic carbocycles. The van der Waals surface area contributed by atoms with Crippen molar-refractivity contribution < 1.29 is 13.5 Å². The second-order valence-electron chi connectivity index (χ2n) is 6.43. The maximum absolute atomic E-state index is 13.9. The van der Waals surface area contributed by atoms with E-state index in [1.165, 1.54) is 18.6 Å². The van der Waals surface area contributed by atoms with Crippen LogP contribution in [0.5, 0.6) is 0 Å². The number of nitrogens with two attached hydrogens (primary N) is 1. The van der Waals surface area contributed by atoms with Gasteiger partial charge < -0.3 is 15.4 Å². The van der Waals surface area contributed by atoms with Crippen molar-refractivity contribution >= 4 is 5.69 Å². The minimum atomic E-state index is -0.784. The molecule has 2 N–H and O–H groups in total. The molecule has 3 rings (SSSR count). The number of hydrogen-bond donors (Lipinski definition) is 1. The number of halogens is 2. The molecule has 22 heavy (non-hydrogen) atoms. The Labute approximate surface area is 130 Å². The van der Waals surface area contributed by atoms with Gasteiger partial charge in [-0.25, -0.2) is 8.78 Å². The minimum Gasteiger partial charge on any atom is -0.378 e. The van der Waals surface area contributed by atoms with E-state index in [4.69, 9.17) is 10.5 Å². The quantitative estimate of drug-likeness (QED) is 0.933. The summed E-state index contributed by atoms with van der Waals surface area (Å²) in [5.74, 6) is -1.56. The lowest BCUT2D eigenvalue weighted by molar-refractivity contribution is 0.122. The summed E-state index contributed by atoms with van der Waals surface area (Å²) in [4.78, 5) is 2.10. The SMILES string of the molecule is NCC1(c2cc(F)c(F)cc2N2CCOCC2)CCCCC1. The number of morpholine rings is 1. The Kier molecular flexibility index (Phi) is 4.64. The van der Waals surface area contributed by atoms with Crippen molar-refractivity contribution in [2.24, 2.45) is 5.73 Å². The molecule has 0 bridgehead atoms. The van der Waals surface area contributed by atoms with Gasteiger partial charge in [0.1, 0.15) is 0 Å². The van der Waals surface area contributed by atoms with Crippen LogP contribution >= 0.6 is 0 Å². The van der Waals surface area contributed by atoms with Crippen molar-refractivity contribution in [2.75, 3.05) is 37.7 Å². The van der Waals surface area contributed by atoms with Crippen molar-refractivity contribution in [1.29, 1.82) is 0 Å². The maximum Gasteiger partial charge on any atom is 0.160 e. The van der Waals surface area contributed by atoms with Gasteiger partial charge in [0.2, 0.25) is 0 Å². The molecule has 1 aromatic carbocycles. The summed E-state index contributed by atoms with van der Waals surface area (Å²) in [6.45, 7) is 3.13. The highest BCUT2D eigenvalue weighted by molar-refractivity contribution is 5.58. The predicted octanol–water partition coefficient (Wildman–Crippen LogP) is 2.96. The largest absolute Gasteiger partial charge is 0.378 e. The molecule has 1 aliphatic heterocycles. The first-order valence-electron chi connectivity index (χ1n) is 8.18. The molecule has 1 heterocycles. The van der Waals surface area contributed by atoms with E-state index < -0.39 is 11.6 Å². The average molecular weight is 310 g/mol. The van der Waals surface area contributed by atoms with Crippen LogP contribution in [0.4, 0.5) is 14.5 Å². The molecule has 2 aliphatic rings. The highest BCUT2D eigenvalue weighted by Crippen LogP contribution is 2.43. The zero-order chi connectivity index (χ0) is 15.6. The summed E-state index contributed by atoms with van der Waals surface area (Å²) in [6, 6.07) is 2.74. The molecule has 122 valence electrons. The fraction of sp³-hybridized carbons (Fsp3) is 0.647. The van der Waals surface area contributed by atoms with Gasteiger partial charge in [0, 0.05) is 36.8 Å². The lowest BCUT2D eigenvalue weighted by atomic mass is 9.68. The first-order chi connectivity index (χ1) is 10.7. The molecule has 0 spiro atoms. The second-order valence-corrected chi connectivity index (χ2v) is 6.43. The molecule has 5 heteroatoms. The normalized spacial score (nSPS) is 21.9. The van der Waals surface area contributed by atoms with Crippen LogP contribution in [-0.2, 0) is 10.2 Å². The predicted molar refractivity (Wildman–Crippen MR) is 83.2 cm³/mol. The van der Waals surface area contributed by atoms with E-state index in [9.17, 15) is 8.78 Å². The smallest absolute Gasteiger partial charge is 0.160 e. The monoisotopic (exact) mass is 310 g/mol. The van der Waals surface area contributed by atoms with E-state index >= 15 is 0 Å². The Morgan fingerprint density at radius 2 is 1.68 bits per heavy atom. The molecule has 0 unspecified atom stereocenters. The van der Waals surface area contributed by atoms with Crippen LogP contribution in [0.1, 0.15) is 37.7 Å². The van der Waals surface area contributed by atoms with Crippen molar-refractivity contribution in [3.05, 3.63) is 29.3 Å². The van der Waals surface area contributed by atoms with Gasteiger partial charge in [-0.3, -0.25) is 0 Å². The highest BCUT2D eigenvalue weighted by atomic mass is 19.2. The topological polar surface area (TPSA) is 38.5 Å². The fourth-order valence-electron chi connectivity index (χ4n) is 3.84. The highest BCUT2D eigenvalue weighted by Gasteiger charge is 2.36. The molecule has 3 nitrogen and oxygen atoms in total. The lowest BCUT2D eigenvalue weighted by Crippen LogP contribution is -2.42. The molecule has 1 saturated heterocycles. The summed E-state index contributed by atoms with van der Waals surface area (Å²) in [5.41, 5.74) is 7.56. The number of rotatable bonds is 3. The summed E-state index contributed by atoms with van der Waals surface area (Å²) < 4.78 is 33.2. The summed E-state index contributed by atoms with van der Waals surface area (Å²) in [7, 11) is 0. The van der Waals surface area contributed by atoms with Gasteiger partial charge >= 0.3 is 0 Å². The van der Waals surface area contributed by atoms with E-state index in [-0.39, 0.29) is 5.41 Å². The van der Waals surface area contributed by atoms with Crippen molar-refractivity contribution in [2.45, 2.75) is 37.5 Å². The van der Waals surface area contributed by atoms with Crippen LogP contribution in [0, 0.1) is 11.6 Å². The van der Waals surface area contributed by atoms with Gasteiger partial charge in [-0.05, 0) is 24.5 Å². The Hall–Kier alpha value is -1.20. The van der Waals surface area contributed by atoms with Gasteiger partial charge in [-0.15, -0.1) is 0 Å². The first-order valence-corrected chi connectivity index (χ1v) is 8.18. The first kappa shape index (κ1) is 15.7. The van der Waals surface area contributed by atoms with Crippen LogP contribution in [0.2, 0.25) is 0 Å². The third-order valence-corrected chi connectivity index (χ3v) is 5.16. The van der Waals surface area contributed by atoms with Gasteiger partial charge in [-0.2, -0.15) is 0 Å². The summed E-state index contributed by atoms with van der Waals surface area (Å²) in [6.07, 6.45) is 5.29. The third-order valence-electron chi connectivity index (χ3n) is 5.16. The molecular formula is C17H24F2N2O. The van der Waals surface area contributed by atoms with Crippen LogP contribution < -0.4 is 10.6 Å².